The van der Waals surface area contributed by atoms with Gasteiger partial charge in [-0.05, 0) is 49.2 Å². The van der Waals surface area contributed by atoms with Crippen molar-refractivity contribution in [1.29, 1.82) is 0 Å². The number of sulfonamides is 1. The van der Waals surface area contributed by atoms with Crippen molar-refractivity contribution in [3.8, 4) is 11.3 Å². The Bertz CT molecular complexity index is 951. The summed E-state index contributed by atoms with van der Waals surface area (Å²) in [6.45, 7) is 4.02. The third-order valence-corrected chi connectivity index (χ3v) is 5.98. The van der Waals surface area contributed by atoms with Crippen LogP contribution in [-0.2, 0) is 16.6 Å². The summed E-state index contributed by atoms with van der Waals surface area (Å²) in [5, 5.41) is 2.63. The van der Waals surface area contributed by atoms with E-state index in [0.717, 1.165) is 22.4 Å². The summed E-state index contributed by atoms with van der Waals surface area (Å²) in [6.07, 6.45) is 3.41. The van der Waals surface area contributed by atoms with Crippen molar-refractivity contribution in [3.63, 3.8) is 0 Å². The van der Waals surface area contributed by atoms with E-state index in [9.17, 15) is 8.42 Å². The lowest BCUT2D eigenvalue weighted by Crippen LogP contribution is -2.23. The molecular weight excluding hydrogens is 342 g/mol. The van der Waals surface area contributed by atoms with Gasteiger partial charge in [-0.25, -0.2) is 18.1 Å². The monoisotopic (exact) mass is 359 g/mol. The number of aromatic nitrogens is 2. The molecule has 0 radical (unpaired) electrons. The highest BCUT2D eigenvalue weighted by Crippen LogP contribution is 2.21. The number of benzene rings is 1. The van der Waals surface area contributed by atoms with Crippen LogP contribution in [0.15, 0.2) is 53.0 Å². The largest absolute Gasteiger partial charge is 0.265 e. The first-order valence-electron chi connectivity index (χ1n) is 7.37. The molecule has 2 heterocycles. The molecule has 1 N–H and O–H groups in total. The smallest absolute Gasteiger partial charge is 0.240 e. The summed E-state index contributed by atoms with van der Waals surface area (Å²) in [5.41, 5.74) is 3.80. The van der Waals surface area contributed by atoms with E-state index >= 15 is 0 Å². The van der Waals surface area contributed by atoms with E-state index < -0.39 is 10.0 Å². The van der Waals surface area contributed by atoms with Gasteiger partial charge >= 0.3 is 0 Å². The van der Waals surface area contributed by atoms with Gasteiger partial charge in [0, 0.05) is 23.3 Å². The molecule has 5 nitrogen and oxygen atoms in total. The zero-order chi connectivity index (χ0) is 17.2. The SMILES string of the molecule is Cc1ccc(S(=O)(=O)NCc2nc(-c3ccncc3)cs2)cc1C. The average molecular weight is 359 g/mol. The van der Waals surface area contributed by atoms with Crippen LogP contribution < -0.4 is 4.72 Å². The Morgan fingerprint density at radius 2 is 1.83 bits per heavy atom. The topological polar surface area (TPSA) is 72.0 Å². The molecule has 3 aromatic rings. The Hall–Kier alpha value is -2.09. The summed E-state index contributed by atoms with van der Waals surface area (Å²) in [6, 6.07) is 8.86. The molecule has 124 valence electrons. The molecule has 0 atom stereocenters. The van der Waals surface area contributed by atoms with Gasteiger partial charge in [-0.3, -0.25) is 4.98 Å². The van der Waals surface area contributed by atoms with Crippen molar-refractivity contribution in [2.24, 2.45) is 0 Å². The summed E-state index contributed by atoms with van der Waals surface area (Å²) < 4.78 is 27.4. The first-order chi connectivity index (χ1) is 11.5. The molecule has 0 saturated carbocycles. The van der Waals surface area contributed by atoms with Crippen LogP contribution in [0.1, 0.15) is 16.1 Å². The predicted octanol–water partition coefficient (Wildman–Crippen LogP) is 3.30. The summed E-state index contributed by atoms with van der Waals surface area (Å²) in [5.74, 6) is 0. The molecule has 24 heavy (non-hydrogen) atoms. The minimum Gasteiger partial charge on any atom is -0.265 e. The number of nitrogens with zero attached hydrogens (tertiary/aromatic N) is 2. The lowest BCUT2D eigenvalue weighted by atomic mass is 10.1. The summed E-state index contributed by atoms with van der Waals surface area (Å²) in [7, 11) is -3.55. The van der Waals surface area contributed by atoms with Gasteiger partial charge in [0.25, 0.3) is 0 Å². The molecule has 0 fully saturated rings. The number of hydrogen-bond donors (Lipinski definition) is 1. The zero-order valence-corrected chi connectivity index (χ0v) is 15.0. The zero-order valence-electron chi connectivity index (χ0n) is 13.4. The summed E-state index contributed by atoms with van der Waals surface area (Å²) in [4.78, 5) is 8.72. The Kier molecular flexibility index (Phi) is 4.75. The van der Waals surface area contributed by atoms with E-state index in [1.807, 2.05) is 37.4 Å². The highest BCUT2D eigenvalue weighted by atomic mass is 32.2. The molecule has 0 spiro atoms. The second-order valence-corrected chi connectivity index (χ2v) is 8.14. The molecule has 0 unspecified atom stereocenters. The lowest BCUT2D eigenvalue weighted by molar-refractivity contribution is 0.581. The van der Waals surface area contributed by atoms with E-state index in [1.165, 1.54) is 11.3 Å². The predicted molar refractivity (Wildman–Crippen MR) is 95.3 cm³/mol. The van der Waals surface area contributed by atoms with E-state index in [0.29, 0.717) is 5.01 Å². The van der Waals surface area contributed by atoms with E-state index in [4.69, 9.17) is 0 Å². The molecule has 0 aliphatic rings. The number of aryl methyl sites for hydroxylation is 2. The molecule has 0 aliphatic heterocycles. The summed E-state index contributed by atoms with van der Waals surface area (Å²) >= 11 is 1.43. The minimum atomic E-state index is -3.55. The van der Waals surface area contributed by atoms with Crippen LogP contribution in [0.5, 0.6) is 0 Å². The van der Waals surface area contributed by atoms with Crippen molar-refractivity contribution in [3.05, 3.63) is 64.2 Å². The maximum absolute atomic E-state index is 12.4. The molecule has 3 rings (SSSR count). The van der Waals surface area contributed by atoms with Gasteiger partial charge in [-0.2, -0.15) is 0 Å². The first kappa shape index (κ1) is 16.8. The van der Waals surface area contributed by atoms with Crippen molar-refractivity contribution in [2.75, 3.05) is 0 Å². The number of rotatable bonds is 5. The molecule has 1 aromatic carbocycles. The van der Waals surface area contributed by atoms with Gasteiger partial charge in [-0.15, -0.1) is 11.3 Å². The van der Waals surface area contributed by atoms with Crippen LogP contribution in [0.25, 0.3) is 11.3 Å². The van der Waals surface area contributed by atoms with Crippen LogP contribution in [0.4, 0.5) is 0 Å². The third kappa shape index (κ3) is 3.69. The maximum atomic E-state index is 12.4. The fraction of sp³-hybridized carbons (Fsp3) is 0.176. The highest BCUT2D eigenvalue weighted by Gasteiger charge is 2.15. The highest BCUT2D eigenvalue weighted by molar-refractivity contribution is 7.89. The van der Waals surface area contributed by atoms with Crippen molar-refractivity contribution < 1.29 is 8.42 Å². The molecule has 2 aromatic heterocycles. The molecule has 7 heteroatoms. The van der Waals surface area contributed by atoms with Gasteiger partial charge in [0.2, 0.25) is 10.0 Å². The average Bonchev–Trinajstić information content (AvgIpc) is 3.05. The number of hydrogen-bond acceptors (Lipinski definition) is 5. The maximum Gasteiger partial charge on any atom is 0.240 e. The molecule has 0 bridgehead atoms. The van der Waals surface area contributed by atoms with Gasteiger partial charge in [0.05, 0.1) is 17.1 Å². The number of pyridine rings is 1. The number of thiazole rings is 1. The first-order valence-corrected chi connectivity index (χ1v) is 9.74. The van der Waals surface area contributed by atoms with Crippen LogP contribution in [0.2, 0.25) is 0 Å². The Morgan fingerprint density at radius 3 is 2.54 bits per heavy atom. The molecular formula is C17H17N3O2S2. The molecule has 0 aliphatic carbocycles. The standard InChI is InChI=1S/C17H17N3O2S2/c1-12-3-4-15(9-13(12)2)24(21,22)19-10-17-20-16(11-23-17)14-5-7-18-8-6-14/h3-9,11,19H,10H2,1-2H3. The van der Waals surface area contributed by atoms with Crippen LogP contribution in [0, 0.1) is 13.8 Å². The van der Waals surface area contributed by atoms with E-state index in [2.05, 4.69) is 14.7 Å². The molecule has 0 amide bonds. The van der Waals surface area contributed by atoms with Crippen LogP contribution in [-0.4, -0.2) is 18.4 Å². The second kappa shape index (κ2) is 6.80. The van der Waals surface area contributed by atoms with Gasteiger partial charge < -0.3 is 0 Å². The Morgan fingerprint density at radius 1 is 1.08 bits per heavy atom. The minimum absolute atomic E-state index is 0.172. The normalized spacial score (nSPS) is 11.6. The van der Waals surface area contributed by atoms with E-state index in [-0.39, 0.29) is 11.4 Å². The fourth-order valence-corrected chi connectivity index (χ4v) is 4.08. The lowest BCUT2D eigenvalue weighted by Gasteiger charge is -2.07. The molecule has 0 saturated heterocycles. The van der Waals surface area contributed by atoms with Crippen molar-refractivity contribution in [2.45, 2.75) is 25.3 Å². The van der Waals surface area contributed by atoms with Crippen LogP contribution in [0.3, 0.4) is 0 Å². The van der Waals surface area contributed by atoms with Crippen molar-refractivity contribution in [1.82, 2.24) is 14.7 Å². The van der Waals surface area contributed by atoms with Crippen molar-refractivity contribution >= 4 is 21.4 Å². The number of nitrogens with one attached hydrogen (secondary N) is 1. The third-order valence-electron chi connectivity index (χ3n) is 3.73. The Labute approximate surface area is 145 Å². The van der Waals surface area contributed by atoms with Crippen LogP contribution >= 0.6 is 11.3 Å². The fourth-order valence-electron chi connectivity index (χ4n) is 2.17. The quantitative estimate of drug-likeness (QED) is 0.759. The van der Waals surface area contributed by atoms with E-state index in [1.54, 1.807) is 24.5 Å². The van der Waals surface area contributed by atoms with Gasteiger partial charge in [0.1, 0.15) is 5.01 Å². The van der Waals surface area contributed by atoms with Gasteiger partial charge in [0.15, 0.2) is 0 Å². The van der Waals surface area contributed by atoms with Gasteiger partial charge in [-0.1, -0.05) is 6.07 Å². The Balaban J connectivity index is 1.73. The second-order valence-electron chi connectivity index (χ2n) is 5.43.